The van der Waals surface area contributed by atoms with Crippen LogP contribution in [0.5, 0.6) is 0 Å². The predicted octanol–water partition coefficient (Wildman–Crippen LogP) is 2.70. The normalized spacial score (nSPS) is 24.1. The summed E-state index contributed by atoms with van der Waals surface area (Å²) in [5, 5.41) is 9.36. The SMILES string of the molecule is Cc1cc(CSC2CCOC2C)oc1C(=O)O. The van der Waals surface area contributed by atoms with Crippen molar-refractivity contribution in [1.29, 1.82) is 0 Å². The summed E-state index contributed by atoms with van der Waals surface area (Å²) in [5.74, 6) is 0.476. The molecular weight excluding hydrogens is 240 g/mol. The van der Waals surface area contributed by atoms with Crippen LogP contribution in [0.15, 0.2) is 10.5 Å². The molecule has 0 radical (unpaired) electrons. The van der Waals surface area contributed by atoms with Gasteiger partial charge in [-0.25, -0.2) is 4.79 Å². The van der Waals surface area contributed by atoms with E-state index < -0.39 is 5.97 Å². The van der Waals surface area contributed by atoms with E-state index in [0.29, 0.717) is 16.6 Å². The van der Waals surface area contributed by atoms with Crippen molar-refractivity contribution in [3.05, 3.63) is 23.2 Å². The third-order valence-electron chi connectivity index (χ3n) is 2.91. The third-order valence-corrected chi connectivity index (χ3v) is 4.41. The summed E-state index contributed by atoms with van der Waals surface area (Å²) in [4.78, 5) is 10.8. The smallest absolute Gasteiger partial charge is 0.372 e. The number of thioether (sulfide) groups is 1. The number of hydrogen-bond acceptors (Lipinski definition) is 4. The van der Waals surface area contributed by atoms with Gasteiger partial charge >= 0.3 is 5.97 Å². The maximum atomic E-state index is 10.8. The van der Waals surface area contributed by atoms with Crippen molar-refractivity contribution in [1.82, 2.24) is 0 Å². The highest BCUT2D eigenvalue weighted by Gasteiger charge is 2.25. The topological polar surface area (TPSA) is 59.7 Å². The van der Waals surface area contributed by atoms with Gasteiger partial charge in [0.15, 0.2) is 0 Å². The average molecular weight is 256 g/mol. The summed E-state index contributed by atoms with van der Waals surface area (Å²) < 4.78 is 10.8. The number of aryl methyl sites for hydroxylation is 1. The van der Waals surface area contributed by atoms with Crippen LogP contribution in [0.25, 0.3) is 0 Å². The van der Waals surface area contributed by atoms with E-state index in [0.717, 1.165) is 18.8 Å². The average Bonchev–Trinajstić information content (AvgIpc) is 2.82. The lowest BCUT2D eigenvalue weighted by Gasteiger charge is -2.11. The number of hydrogen-bond donors (Lipinski definition) is 1. The van der Waals surface area contributed by atoms with Gasteiger partial charge in [-0.1, -0.05) is 0 Å². The number of furan rings is 1. The van der Waals surface area contributed by atoms with Crippen LogP contribution in [-0.2, 0) is 10.5 Å². The van der Waals surface area contributed by atoms with E-state index in [1.54, 1.807) is 24.8 Å². The van der Waals surface area contributed by atoms with Crippen molar-refractivity contribution < 1.29 is 19.1 Å². The number of carboxylic acid groups (broad SMARTS) is 1. The second-order valence-electron chi connectivity index (χ2n) is 4.24. The Morgan fingerprint density at radius 1 is 1.65 bits per heavy atom. The molecule has 17 heavy (non-hydrogen) atoms. The standard InChI is InChI=1S/C12H16O4S/c1-7-5-9(16-11(7)12(13)14)6-17-10-3-4-15-8(10)2/h5,8,10H,3-4,6H2,1-2H3,(H,13,14). The first-order valence-corrected chi connectivity index (χ1v) is 6.68. The highest BCUT2D eigenvalue weighted by Crippen LogP contribution is 2.30. The van der Waals surface area contributed by atoms with E-state index in [2.05, 4.69) is 6.92 Å². The molecule has 5 heteroatoms. The summed E-state index contributed by atoms with van der Waals surface area (Å²) in [6, 6.07) is 1.80. The van der Waals surface area contributed by atoms with E-state index in [1.807, 2.05) is 0 Å². The fourth-order valence-corrected chi connectivity index (χ4v) is 3.08. The first-order chi connectivity index (χ1) is 8.08. The number of aromatic carboxylic acids is 1. The van der Waals surface area contributed by atoms with Crippen molar-refractivity contribution >= 4 is 17.7 Å². The van der Waals surface area contributed by atoms with Gasteiger partial charge in [0.05, 0.1) is 11.9 Å². The maximum Gasteiger partial charge on any atom is 0.372 e. The van der Waals surface area contributed by atoms with Crippen molar-refractivity contribution in [3.8, 4) is 0 Å². The number of carbonyl (C=O) groups is 1. The Bertz CT molecular complexity index is 413. The molecule has 1 fully saturated rings. The molecule has 0 amide bonds. The lowest BCUT2D eigenvalue weighted by atomic mass is 10.2. The molecule has 0 saturated carbocycles. The molecule has 2 unspecified atom stereocenters. The second-order valence-corrected chi connectivity index (χ2v) is 5.47. The van der Waals surface area contributed by atoms with Crippen LogP contribution in [0.2, 0.25) is 0 Å². The molecule has 1 saturated heterocycles. The molecule has 4 nitrogen and oxygen atoms in total. The lowest BCUT2D eigenvalue weighted by molar-refractivity contribution is 0.0659. The first kappa shape index (κ1) is 12.5. The van der Waals surface area contributed by atoms with Crippen LogP contribution >= 0.6 is 11.8 Å². The van der Waals surface area contributed by atoms with Gasteiger partial charge in [-0.2, -0.15) is 0 Å². The minimum absolute atomic E-state index is 0.0521. The minimum atomic E-state index is -1.00. The van der Waals surface area contributed by atoms with Crippen molar-refractivity contribution in [2.24, 2.45) is 0 Å². The van der Waals surface area contributed by atoms with Crippen LogP contribution in [0, 0.1) is 6.92 Å². The Balaban J connectivity index is 1.95. The zero-order chi connectivity index (χ0) is 12.4. The predicted molar refractivity (Wildman–Crippen MR) is 65.5 cm³/mol. The summed E-state index contributed by atoms with van der Waals surface area (Å²) in [6.07, 6.45) is 1.33. The summed E-state index contributed by atoms with van der Waals surface area (Å²) in [7, 11) is 0. The number of rotatable bonds is 4. The first-order valence-electron chi connectivity index (χ1n) is 5.63. The van der Waals surface area contributed by atoms with E-state index >= 15 is 0 Å². The van der Waals surface area contributed by atoms with E-state index in [4.69, 9.17) is 14.3 Å². The second kappa shape index (κ2) is 5.14. The van der Waals surface area contributed by atoms with Gasteiger partial charge in [0.1, 0.15) is 5.76 Å². The van der Waals surface area contributed by atoms with Gasteiger partial charge < -0.3 is 14.3 Å². The quantitative estimate of drug-likeness (QED) is 0.897. The lowest BCUT2D eigenvalue weighted by Crippen LogP contribution is -2.13. The van der Waals surface area contributed by atoms with E-state index in [-0.39, 0.29) is 11.9 Å². The molecule has 2 rings (SSSR count). The van der Waals surface area contributed by atoms with Crippen LogP contribution in [0.3, 0.4) is 0 Å². The van der Waals surface area contributed by atoms with E-state index in [1.165, 1.54) is 0 Å². The van der Waals surface area contributed by atoms with Gasteiger partial charge in [0.2, 0.25) is 5.76 Å². The Morgan fingerprint density at radius 2 is 2.41 bits per heavy atom. The molecule has 1 aromatic heterocycles. The van der Waals surface area contributed by atoms with Crippen molar-refractivity contribution in [2.75, 3.05) is 6.61 Å². The third kappa shape index (κ3) is 2.84. The van der Waals surface area contributed by atoms with Gasteiger partial charge in [0.25, 0.3) is 0 Å². The van der Waals surface area contributed by atoms with Crippen LogP contribution < -0.4 is 0 Å². The highest BCUT2D eigenvalue weighted by molar-refractivity contribution is 7.99. The molecule has 1 aliphatic heterocycles. The molecule has 1 aromatic rings. The van der Waals surface area contributed by atoms with Gasteiger partial charge in [0, 0.05) is 17.4 Å². The summed E-state index contributed by atoms with van der Waals surface area (Å²) in [5.41, 5.74) is 0.684. The van der Waals surface area contributed by atoms with Gasteiger partial charge in [-0.05, 0) is 26.3 Å². The Hall–Kier alpha value is -0.940. The zero-order valence-electron chi connectivity index (χ0n) is 9.93. The molecule has 2 heterocycles. The minimum Gasteiger partial charge on any atom is -0.475 e. The Morgan fingerprint density at radius 3 is 2.94 bits per heavy atom. The number of ether oxygens (including phenoxy) is 1. The largest absolute Gasteiger partial charge is 0.475 e. The van der Waals surface area contributed by atoms with Crippen molar-refractivity contribution in [3.63, 3.8) is 0 Å². The Kier molecular flexibility index (Phi) is 3.79. The molecule has 94 valence electrons. The molecule has 0 bridgehead atoms. The summed E-state index contributed by atoms with van der Waals surface area (Å²) >= 11 is 1.77. The molecule has 1 aliphatic rings. The van der Waals surface area contributed by atoms with Crippen LogP contribution in [0.4, 0.5) is 0 Å². The maximum absolute atomic E-state index is 10.8. The van der Waals surface area contributed by atoms with E-state index in [9.17, 15) is 4.79 Å². The van der Waals surface area contributed by atoms with Crippen LogP contribution in [-0.4, -0.2) is 29.0 Å². The summed E-state index contributed by atoms with van der Waals surface area (Å²) in [6.45, 7) is 4.64. The fourth-order valence-electron chi connectivity index (χ4n) is 1.95. The highest BCUT2D eigenvalue weighted by atomic mass is 32.2. The van der Waals surface area contributed by atoms with Crippen molar-refractivity contribution in [2.45, 2.75) is 37.4 Å². The van der Waals surface area contributed by atoms with Gasteiger partial charge in [-0.3, -0.25) is 0 Å². The van der Waals surface area contributed by atoms with Crippen LogP contribution in [0.1, 0.15) is 35.2 Å². The number of carboxylic acids is 1. The molecule has 0 spiro atoms. The molecule has 1 N–H and O–H groups in total. The zero-order valence-corrected chi connectivity index (χ0v) is 10.8. The van der Waals surface area contributed by atoms with Gasteiger partial charge in [-0.15, -0.1) is 11.8 Å². The monoisotopic (exact) mass is 256 g/mol. The molecule has 0 aromatic carbocycles. The molecule has 2 atom stereocenters. The fraction of sp³-hybridized carbons (Fsp3) is 0.583. The Labute approximate surface area is 104 Å². The molecule has 0 aliphatic carbocycles. The molecular formula is C12H16O4S.